The Morgan fingerprint density at radius 2 is 1.77 bits per heavy atom. The maximum atomic E-state index is 12.6. The van der Waals surface area contributed by atoms with Gasteiger partial charge in [-0.2, -0.15) is 0 Å². The number of carbonyl (C=O) groups is 1. The lowest BCUT2D eigenvalue weighted by Gasteiger charge is -2.30. The van der Waals surface area contributed by atoms with Crippen LogP contribution < -0.4 is 15.0 Å². The minimum Gasteiger partial charge on any atom is -0.496 e. The average Bonchev–Trinajstić information content (AvgIpc) is 2.65. The van der Waals surface area contributed by atoms with Gasteiger partial charge >= 0.3 is 0 Å². The molecule has 138 valence electrons. The molecule has 2 aromatic carbocycles. The van der Waals surface area contributed by atoms with E-state index < -0.39 is 0 Å². The van der Waals surface area contributed by atoms with Gasteiger partial charge < -0.3 is 15.0 Å². The Morgan fingerprint density at radius 1 is 1.12 bits per heavy atom. The summed E-state index contributed by atoms with van der Waals surface area (Å²) in [6, 6.07) is 13.3. The van der Waals surface area contributed by atoms with Gasteiger partial charge in [-0.1, -0.05) is 35.3 Å². The van der Waals surface area contributed by atoms with Gasteiger partial charge in [-0.3, -0.25) is 4.79 Å². The molecule has 2 aromatic rings. The van der Waals surface area contributed by atoms with E-state index in [9.17, 15) is 4.79 Å². The van der Waals surface area contributed by atoms with Crippen molar-refractivity contribution in [3.8, 4) is 5.75 Å². The molecule has 26 heavy (non-hydrogen) atoms. The van der Waals surface area contributed by atoms with Crippen molar-refractivity contribution in [2.45, 2.75) is 25.4 Å². The van der Waals surface area contributed by atoms with Crippen LogP contribution in [0.2, 0.25) is 10.0 Å². The molecule has 1 amide bonds. The first-order valence-electron chi connectivity index (χ1n) is 8.77. The topological polar surface area (TPSA) is 42.8 Å². The van der Waals surface area contributed by atoms with Crippen molar-refractivity contribution in [3.05, 3.63) is 63.6 Å². The number of piperidine rings is 1. The molecule has 0 unspecified atom stereocenters. The third-order valence-corrected chi connectivity index (χ3v) is 5.29. The standard InChI is InChI=1S/C20H22Cl2N2O2/c1-26-19-7-6-16(22)12-18(19)20(25)23-17-8-10-24(11-9-17)13-14-2-4-15(21)5-3-14/h2-7,12,17H,8-11,13H2,1H3,(H,23,25)/p+1. The highest BCUT2D eigenvalue weighted by atomic mass is 35.5. The highest BCUT2D eigenvalue weighted by Crippen LogP contribution is 2.22. The van der Waals surface area contributed by atoms with E-state index in [1.165, 1.54) is 10.5 Å². The zero-order chi connectivity index (χ0) is 18.5. The van der Waals surface area contributed by atoms with Crippen LogP contribution in [0.4, 0.5) is 0 Å². The number of ether oxygens (including phenoxy) is 1. The van der Waals surface area contributed by atoms with E-state index in [0.717, 1.165) is 37.5 Å². The maximum absolute atomic E-state index is 12.6. The van der Waals surface area contributed by atoms with E-state index in [1.54, 1.807) is 25.3 Å². The number of amides is 1. The Morgan fingerprint density at radius 3 is 2.42 bits per heavy atom. The summed E-state index contributed by atoms with van der Waals surface area (Å²) in [5, 5.41) is 4.41. The first-order chi connectivity index (χ1) is 12.5. The zero-order valence-electron chi connectivity index (χ0n) is 14.7. The predicted molar refractivity (Wildman–Crippen MR) is 104 cm³/mol. The van der Waals surface area contributed by atoms with Gasteiger partial charge in [0.2, 0.25) is 0 Å². The zero-order valence-corrected chi connectivity index (χ0v) is 16.2. The number of halogens is 2. The maximum Gasteiger partial charge on any atom is 0.255 e. The van der Waals surface area contributed by atoms with E-state index in [2.05, 4.69) is 17.4 Å². The lowest BCUT2D eigenvalue weighted by molar-refractivity contribution is -0.918. The van der Waals surface area contributed by atoms with Gasteiger partial charge in [0.25, 0.3) is 5.91 Å². The molecule has 0 radical (unpaired) electrons. The molecule has 1 fully saturated rings. The monoisotopic (exact) mass is 393 g/mol. The van der Waals surface area contributed by atoms with E-state index in [0.29, 0.717) is 16.3 Å². The second-order valence-corrected chi connectivity index (χ2v) is 7.52. The Labute approximate surface area is 164 Å². The van der Waals surface area contributed by atoms with E-state index in [4.69, 9.17) is 27.9 Å². The molecule has 3 rings (SSSR count). The van der Waals surface area contributed by atoms with E-state index in [1.807, 2.05) is 12.1 Å². The lowest BCUT2D eigenvalue weighted by Crippen LogP contribution is -3.12. The number of rotatable bonds is 5. The van der Waals surface area contributed by atoms with E-state index in [-0.39, 0.29) is 11.9 Å². The summed E-state index contributed by atoms with van der Waals surface area (Å²) < 4.78 is 5.27. The molecule has 1 aliphatic heterocycles. The number of likely N-dealkylation sites (tertiary alicyclic amines) is 1. The number of nitrogens with one attached hydrogen (secondary N) is 2. The number of hydrogen-bond donors (Lipinski definition) is 2. The van der Waals surface area contributed by atoms with Gasteiger partial charge in [0.05, 0.1) is 25.8 Å². The normalized spacial score (nSPS) is 19.8. The summed E-state index contributed by atoms with van der Waals surface area (Å²) in [7, 11) is 1.55. The molecule has 1 aliphatic rings. The molecular weight excluding hydrogens is 371 g/mol. The van der Waals surface area contributed by atoms with Crippen LogP contribution >= 0.6 is 23.2 Å². The van der Waals surface area contributed by atoms with Crippen LogP contribution in [0, 0.1) is 0 Å². The number of quaternary nitrogens is 1. The number of hydrogen-bond acceptors (Lipinski definition) is 2. The van der Waals surface area contributed by atoms with Gasteiger partial charge in [-0.25, -0.2) is 0 Å². The fourth-order valence-electron chi connectivity index (χ4n) is 3.36. The van der Waals surface area contributed by atoms with Crippen LogP contribution in [0.5, 0.6) is 5.75 Å². The second kappa shape index (κ2) is 8.76. The smallest absolute Gasteiger partial charge is 0.255 e. The number of methoxy groups -OCH3 is 1. The quantitative estimate of drug-likeness (QED) is 0.819. The van der Waals surface area contributed by atoms with Crippen molar-refractivity contribution in [2.24, 2.45) is 0 Å². The molecule has 0 aromatic heterocycles. The van der Waals surface area contributed by atoms with E-state index >= 15 is 0 Å². The van der Waals surface area contributed by atoms with Gasteiger partial charge in [0, 0.05) is 34.5 Å². The summed E-state index contributed by atoms with van der Waals surface area (Å²) in [6.07, 6.45) is 1.91. The average molecular weight is 394 g/mol. The first-order valence-corrected chi connectivity index (χ1v) is 9.53. The Hall–Kier alpha value is -1.75. The molecule has 0 bridgehead atoms. The molecule has 1 heterocycles. The van der Waals surface area contributed by atoms with Gasteiger partial charge in [0.1, 0.15) is 12.3 Å². The largest absolute Gasteiger partial charge is 0.496 e. The Kier molecular flexibility index (Phi) is 6.41. The third-order valence-electron chi connectivity index (χ3n) is 4.80. The summed E-state index contributed by atoms with van der Waals surface area (Å²) in [5.74, 6) is 0.410. The van der Waals surface area contributed by atoms with Crippen LogP contribution in [0.25, 0.3) is 0 Å². The van der Waals surface area contributed by atoms with Gasteiger partial charge in [-0.15, -0.1) is 0 Å². The second-order valence-electron chi connectivity index (χ2n) is 6.65. The van der Waals surface area contributed by atoms with Crippen molar-refractivity contribution in [1.29, 1.82) is 0 Å². The van der Waals surface area contributed by atoms with Crippen molar-refractivity contribution in [3.63, 3.8) is 0 Å². The fourth-order valence-corrected chi connectivity index (χ4v) is 3.66. The Bertz CT molecular complexity index is 757. The number of benzene rings is 2. The molecule has 6 heteroatoms. The van der Waals surface area contributed by atoms with Crippen molar-refractivity contribution in [2.75, 3.05) is 20.2 Å². The van der Waals surface area contributed by atoms with Crippen molar-refractivity contribution in [1.82, 2.24) is 5.32 Å². The number of carbonyl (C=O) groups excluding carboxylic acids is 1. The van der Waals surface area contributed by atoms with Crippen LogP contribution in [-0.4, -0.2) is 32.1 Å². The van der Waals surface area contributed by atoms with Crippen molar-refractivity contribution < 1.29 is 14.4 Å². The predicted octanol–water partition coefficient (Wildman–Crippen LogP) is 2.98. The summed E-state index contributed by atoms with van der Waals surface area (Å²) in [6.45, 7) is 3.04. The van der Waals surface area contributed by atoms with Crippen LogP contribution in [0.1, 0.15) is 28.8 Å². The molecule has 0 spiro atoms. The summed E-state index contributed by atoms with van der Waals surface area (Å²) in [4.78, 5) is 14.1. The fraction of sp³-hybridized carbons (Fsp3) is 0.350. The third kappa shape index (κ3) is 4.91. The highest BCUT2D eigenvalue weighted by Gasteiger charge is 2.25. The highest BCUT2D eigenvalue weighted by molar-refractivity contribution is 6.31. The minimum atomic E-state index is -0.129. The van der Waals surface area contributed by atoms with Crippen LogP contribution in [0.15, 0.2) is 42.5 Å². The Balaban J connectivity index is 1.53. The SMILES string of the molecule is COc1ccc(Cl)cc1C(=O)NC1CC[NH+](Cc2ccc(Cl)cc2)CC1. The summed E-state index contributed by atoms with van der Waals surface area (Å²) >= 11 is 12.0. The molecule has 4 nitrogen and oxygen atoms in total. The van der Waals surface area contributed by atoms with Crippen molar-refractivity contribution >= 4 is 29.1 Å². The molecule has 0 saturated carbocycles. The van der Waals surface area contributed by atoms with Crippen LogP contribution in [-0.2, 0) is 6.54 Å². The van der Waals surface area contributed by atoms with Gasteiger partial charge in [0.15, 0.2) is 0 Å². The van der Waals surface area contributed by atoms with Gasteiger partial charge in [-0.05, 0) is 30.3 Å². The summed E-state index contributed by atoms with van der Waals surface area (Å²) in [5.41, 5.74) is 1.77. The molecule has 0 aliphatic carbocycles. The molecule has 0 atom stereocenters. The molecular formula is C20H23Cl2N2O2+. The first kappa shape index (κ1) is 19.0. The van der Waals surface area contributed by atoms with Crippen LogP contribution in [0.3, 0.4) is 0 Å². The lowest BCUT2D eigenvalue weighted by atomic mass is 10.0. The molecule has 2 N–H and O–H groups in total. The minimum absolute atomic E-state index is 0.129. The molecule has 1 saturated heterocycles.